The van der Waals surface area contributed by atoms with Crippen LogP contribution in [-0.4, -0.2) is 120 Å². The molecular formula is C27H44N4O5S. The molecule has 9 nitrogen and oxygen atoms in total. The number of carbonyl (C=O) groups is 1. The van der Waals surface area contributed by atoms with E-state index >= 15 is 0 Å². The van der Waals surface area contributed by atoms with Crippen molar-refractivity contribution in [3.63, 3.8) is 0 Å². The Balaban J connectivity index is 1.17. The van der Waals surface area contributed by atoms with Crippen molar-refractivity contribution in [1.82, 2.24) is 19.0 Å². The lowest BCUT2D eigenvalue weighted by Gasteiger charge is -2.41. The van der Waals surface area contributed by atoms with Crippen LogP contribution in [0.2, 0.25) is 0 Å². The van der Waals surface area contributed by atoms with Gasteiger partial charge in [-0.05, 0) is 75.3 Å². The van der Waals surface area contributed by atoms with Crippen LogP contribution >= 0.6 is 0 Å². The number of methoxy groups -OCH3 is 1. The third-order valence-corrected chi connectivity index (χ3v) is 10.5. The number of rotatable bonds is 9. The third kappa shape index (κ3) is 6.84. The number of sulfonamides is 1. The highest BCUT2D eigenvalue weighted by atomic mass is 32.2. The lowest BCUT2D eigenvalue weighted by molar-refractivity contribution is -0.135. The van der Waals surface area contributed by atoms with Crippen LogP contribution in [-0.2, 0) is 26.0 Å². The summed E-state index contributed by atoms with van der Waals surface area (Å²) in [6, 6.07) is 4.25. The number of fused-ring (bicyclic) bond motifs is 1. The van der Waals surface area contributed by atoms with Gasteiger partial charge in [-0.1, -0.05) is 0 Å². The van der Waals surface area contributed by atoms with Crippen molar-refractivity contribution in [3.05, 3.63) is 23.3 Å². The molecule has 2 heterocycles. The average Bonchev–Trinajstić information content (AvgIpc) is 2.87. The second-order valence-corrected chi connectivity index (χ2v) is 12.8. The monoisotopic (exact) mass is 536 g/mol. The molecule has 2 aliphatic heterocycles. The summed E-state index contributed by atoms with van der Waals surface area (Å²) in [5.74, 6) is 1.17. The molecule has 208 valence electrons. The van der Waals surface area contributed by atoms with E-state index in [2.05, 4.69) is 16.8 Å². The lowest BCUT2D eigenvalue weighted by atomic mass is 9.84. The fourth-order valence-corrected chi connectivity index (χ4v) is 7.88. The standard InChI is InChI=1S/C27H44N4O5S/c1-21-17-25(35-4)18-23-9-10-31(37(33,34)27(21)23)15-16-36-20-26(32)29(3)19-22-5-7-24(8-6-22)30-13-11-28(2)12-14-30/h17-18,22,24H,5-16,19-20H2,1-4H3. The van der Waals surface area contributed by atoms with Crippen molar-refractivity contribution in [2.24, 2.45) is 5.92 Å². The summed E-state index contributed by atoms with van der Waals surface area (Å²) in [6.45, 7) is 8.02. The summed E-state index contributed by atoms with van der Waals surface area (Å²) in [5, 5.41) is 0. The number of amides is 1. The zero-order valence-electron chi connectivity index (χ0n) is 22.9. The van der Waals surface area contributed by atoms with Gasteiger partial charge in [-0.25, -0.2) is 8.42 Å². The highest BCUT2D eigenvalue weighted by Gasteiger charge is 2.33. The van der Waals surface area contributed by atoms with E-state index in [0.29, 0.717) is 41.1 Å². The van der Waals surface area contributed by atoms with Crippen molar-refractivity contribution >= 4 is 15.9 Å². The first kappa shape index (κ1) is 28.3. The van der Waals surface area contributed by atoms with Crippen LogP contribution in [0.25, 0.3) is 0 Å². The number of hydrogen-bond donors (Lipinski definition) is 0. The average molecular weight is 537 g/mol. The van der Waals surface area contributed by atoms with E-state index in [-0.39, 0.29) is 25.7 Å². The smallest absolute Gasteiger partial charge is 0.248 e. The van der Waals surface area contributed by atoms with Crippen molar-refractivity contribution in [2.45, 2.75) is 50.0 Å². The van der Waals surface area contributed by atoms with Gasteiger partial charge in [-0.2, -0.15) is 4.31 Å². The van der Waals surface area contributed by atoms with E-state index in [9.17, 15) is 13.2 Å². The Morgan fingerprint density at radius 2 is 1.78 bits per heavy atom. The molecule has 1 aliphatic carbocycles. The van der Waals surface area contributed by atoms with E-state index in [4.69, 9.17) is 9.47 Å². The van der Waals surface area contributed by atoms with E-state index in [1.807, 2.05) is 7.05 Å². The number of carbonyl (C=O) groups excluding carboxylic acids is 1. The van der Waals surface area contributed by atoms with Gasteiger partial charge in [0, 0.05) is 58.9 Å². The molecule has 1 amide bonds. The molecule has 0 radical (unpaired) electrons. The minimum absolute atomic E-state index is 0.0200. The van der Waals surface area contributed by atoms with Crippen molar-refractivity contribution in [1.29, 1.82) is 0 Å². The van der Waals surface area contributed by atoms with Crippen molar-refractivity contribution in [2.75, 3.05) is 80.2 Å². The molecule has 10 heteroatoms. The van der Waals surface area contributed by atoms with Gasteiger partial charge in [0.2, 0.25) is 15.9 Å². The number of hydrogen-bond acceptors (Lipinski definition) is 7. The number of benzene rings is 1. The number of piperazine rings is 1. The Morgan fingerprint density at radius 1 is 1.08 bits per heavy atom. The Hall–Kier alpha value is -1.72. The van der Waals surface area contributed by atoms with Crippen LogP contribution < -0.4 is 4.74 Å². The SMILES string of the molecule is COc1cc(C)c2c(c1)CCN(CCOCC(=O)N(C)CC1CCC(N3CCN(C)CC3)CC1)S2(=O)=O. The first-order valence-corrected chi connectivity index (χ1v) is 15.0. The fraction of sp³-hybridized carbons (Fsp3) is 0.741. The molecule has 0 aromatic heterocycles. The minimum atomic E-state index is -3.59. The Labute approximate surface area is 222 Å². The number of nitrogens with zero attached hydrogens (tertiary/aromatic N) is 4. The van der Waals surface area contributed by atoms with Gasteiger partial charge in [0.05, 0.1) is 18.6 Å². The predicted molar refractivity (Wildman–Crippen MR) is 143 cm³/mol. The van der Waals surface area contributed by atoms with E-state index in [1.165, 1.54) is 30.2 Å². The largest absolute Gasteiger partial charge is 0.497 e. The van der Waals surface area contributed by atoms with Crippen LogP contribution in [0.15, 0.2) is 17.0 Å². The first-order valence-electron chi connectivity index (χ1n) is 13.6. The first-order chi connectivity index (χ1) is 17.7. The van der Waals surface area contributed by atoms with Gasteiger partial charge in [0.15, 0.2) is 0 Å². The van der Waals surface area contributed by atoms with Crippen LogP contribution in [0.4, 0.5) is 0 Å². The molecular weight excluding hydrogens is 492 g/mol. The fourth-order valence-electron chi connectivity index (χ4n) is 6.01. The molecule has 4 rings (SSSR count). The van der Waals surface area contributed by atoms with Crippen LogP contribution in [0, 0.1) is 12.8 Å². The quantitative estimate of drug-likeness (QED) is 0.446. The van der Waals surface area contributed by atoms with E-state index in [1.54, 1.807) is 31.1 Å². The topological polar surface area (TPSA) is 82.6 Å². The highest BCUT2D eigenvalue weighted by molar-refractivity contribution is 7.89. The molecule has 0 atom stereocenters. The summed E-state index contributed by atoms with van der Waals surface area (Å²) in [4.78, 5) is 19.9. The van der Waals surface area contributed by atoms with Gasteiger partial charge < -0.3 is 19.3 Å². The van der Waals surface area contributed by atoms with Gasteiger partial charge >= 0.3 is 0 Å². The Kier molecular flexibility index (Phi) is 9.50. The van der Waals surface area contributed by atoms with Gasteiger partial charge in [-0.3, -0.25) is 9.69 Å². The maximum absolute atomic E-state index is 13.2. The summed E-state index contributed by atoms with van der Waals surface area (Å²) in [5.41, 5.74) is 1.48. The molecule has 37 heavy (non-hydrogen) atoms. The molecule has 1 saturated heterocycles. The van der Waals surface area contributed by atoms with E-state index in [0.717, 1.165) is 38.0 Å². The maximum atomic E-state index is 13.2. The summed E-state index contributed by atoms with van der Waals surface area (Å²) >= 11 is 0. The zero-order chi connectivity index (χ0) is 26.6. The molecule has 2 fully saturated rings. The second-order valence-electron chi connectivity index (χ2n) is 10.9. The molecule has 0 bridgehead atoms. The second kappa shape index (κ2) is 12.4. The minimum Gasteiger partial charge on any atom is -0.497 e. The third-order valence-electron chi connectivity index (χ3n) is 8.33. The molecule has 1 aromatic rings. The number of ether oxygens (including phenoxy) is 2. The molecule has 1 aromatic carbocycles. The molecule has 0 spiro atoms. The van der Waals surface area contributed by atoms with Crippen LogP contribution in [0.5, 0.6) is 5.75 Å². The van der Waals surface area contributed by atoms with Gasteiger partial charge in [0.1, 0.15) is 12.4 Å². The lowest BCUT2D eigenvalue weighted by Crippen LogP contribution is -2.50. The molecule has 1 saturated carbocycles. The zero-order valence-corrected chi connectivity index (χ0v) is 23.8. The number of aryl methyl sites for hydroxylation is 1. The van der Waals surface area contributed by atoms with Gasteiger partial charge in [0.25, 0.3) is 0 Å². The molecule has 0 unspecified atom stereocenters. The Morgan fingerprint density at radius 3 is 2.46 bits per heavy atom. The van der Waals surface area contributed by atoms with Gasteiger partial charge in [-0.15, -0.1) is 0 Å². The summed E-state index contributed by atoms with van der Waals surface area (Å²) < 4.78 is 38.7. The molecule has 0 N–H and O–H groups in total. The van der Waals surface area contributed by atoms with Crippen molar-refractivity contribution < 1.29 is 22.7 Å². The predicted octanol–water partition coefficient (Wildman–Crippen LogP) is 1.83. The van der Waals surface area contributed by atoms with Crippen LogP contribution in [0.1, 0.15) is 36.8 Å². The van der Waals surface area contributed by atoms with Crippen molar-refractivity contribution in [3.8, 4) is 5.75 Å². The normalized spacial score (nSPS) is 25.0. The van der Waals surface area contributed by atoms with Crippen LogP contribution in [0.3, 0.4) is 0 Å². The highest BCUT2D eigenvalue weighted by Crippen LogP contribution is 2.32. The summed E-state index contributed by atoms with van der Waals surface area (Å²) in [7, 11) is 2.03. The summed E-state index contributed by atoms with van der Waals surface area (Å²) in [6.07, 6.45) is 5.38. The number of likely N-dealkylation sites (N-methyl/N-ethyl adjacent to an activating group) is 2. The Bertz CT molecular complexity index is 1030. The van der Waals surface area contributed by atoms with E-state index < -0.39 is 10.0 Å². The molecule has 3 aliphatic rings. The maximum Gasteiger partial charge on any atom is 0.248 e.